The van der Waals surface area contributed by atoms with Gasteiger partial charge in [-0.2, -0.15) is 5.10 Å². The second kappa shape index (κ2) is 6.18. The predicted molar refractivity (Wildman–Crippen MR) is 69.1 cm³/mol. The van der Waals surface area contributed by atoms with Crippen molar-refractivity contribution >= 4 is 17.5 Å². The van der Waals surface area contributed by atoms with Gasteiger partial charge in [-0.1, -0.05) is 13.8 Å². The first-order chi connectivity index (χ1) is 8.45. The van der Waals surface area contributed by atoms with E-state index in [-0.39, 0.29) is 24.3 Å². The molecule has 6 nitrogen and oxygen atoms in total. The van der Waals surface area contributed by atoms with Crippen LogP contribution in [-0.4, -0.2) is 28.1 Å². The predicted octanol–water partition coefficient (Wildman–Crippen LogP) is 0.922. The van der Waals surface area contributed by atoms with Crippen molar-refractivity contribution < 1.29 is 9.59 Å². The van der Waals surface area contributed by atoms with Crippen LogP contribution in [0, 0.1) is 12.8 Å². The van der Waals surface area contributed by atoms with Crippen molar-refractivity contribution in [2.24, 2.45) is 5.92 Å². The lowest BCUT2D eigenvalue weighted by atomic mass is 10.2. The molecule has 0 aromatic carbocycles. The zero-order chi connectivity index (χ0) is 13.7. The van der Waals surface area contributed by atoms with E-state index < -0.39 is 0 Å². The van der Waals surface area contributed by atoms with E-state index in [0.717, 1.165) is 12.2 Å². The molecule has 1 heterocycles. The maximum Gasteiger partial charge on any atom is 0.243 e. The van der Waals surface area contributed by atoms with Gasteiger partial charge in [0.05, 0.1) is 24.1 Å². The third kappa shape index (κ3) is 3.58. The average molecular weight is 252 g/mol. The molecule has 0 bridgehead atoms. The van der Waals surface area contributed by atoms with Crippen molar-refractivity contribution in [2.75, 3.05) is 11.9 Å². The molecule has 0 spiro atoms. The Labute approximate surface area is 107 Å². The Morgan fingerprint density at radius 1 is 1.44 bits per heavy atom. The largest absolute Gasteiger partial charge is 0.347 e. The van der Waals surface area contributed by atoms with Gasteiger partial charge in [0.15, 0.2) is 0 Å². The van der Waals surface area contributed by atoms with Gasteiger partial charge in [-0.05, 0) is 13.8 Å². The van der Waals surface area contributed by atoms with E-state index in [0.29, 0.717) is 5.69 Å². The fourth-order valence-electron chi connectivity index (χ4n) is 1.45. The molecular formula is C12H20N4O2. The standard InChI is InChI=1S/C12H20N4O2/c1-5-16-9(4)10(6-14-16)15-11(17)7-13-12(18)8(2)3/h6,8H,5,7H2,1-4H3,(H,13,18)(H,15,17). The lowest BCUT2D eigenvalue weighted by Gasteiger charge is -2.08. The summed E-state index contributed by atoms with van der Waals surface area (Å²) in [4.78, 5) is 22.9. The van der Waals surface area contributed by atoms with Gasteiger partial charge >= 0.3 is 0 Å². The summed E-state index contributed by atoms with van der Waals surface area (Å²) in [5.74, 6) is -0.503. The molecule has 0 aliphatic rings. The van der Waals surface area contributed by atoms with Crippen LogP contribution < -0.4 is 10.6 Å². The van der Waals surface area contributed by atoms with Crippen molar-refractivity contribution in [1.29, 1.82) is 0 Å². The number of nitrogens with zero attached hydrogens (tertiary/aromatic N) is 2. The van der Waals surface area contributed by atoms with Crippen LogP contribution in [0.2, 0.25) is 0 Å². The fourth-order valence-corrected chi connectivity index (χ4v) is 1.45. The fraction of sp³-hybridized carbons (Fsp3) is 0.583. The van der Waals surface area contributed by atoms with Crippen molar-refractivity contribution in [2.45, 2.75) is 34.2 Å². The molecule has 0 aliphatic carbocycles. The van der Waals surface area contributed by atoms with E-state index in [1.54, 1.807) is 24.7 Å². The van der Waals surface area contributed by atoms with Crippen molar-refractivity contribution in [3.8, 4) is 0 Å². The molecule has 2 N–H and O–H groups in total. The van der Waals surface area contributed by atoms with E-state index in [1.807, 2.05) is 13.8 Å². The summed E-state index contributed by atoms with van der Waals surface area (Å²) >= 11 is 0. The van der Waals surface area contributed by atoms with Gasteiger partial charge in [0.1, 0.15) is 0 Å². The molecule has 1 aromatic rings. The lowest BCUT2D eigenvalue weighted by Crippen LogP contribution is -2.35. The zero-order valence-electron chi connectivity index (χ0n) is 11.3. The Morgan fingerprint density at radius 2 is 2.11 bits per heavy atom. The summed E-state index contributed by atoms with van der Waals surface area (Å²) < 4.78 is 1.79. The number of rotatable bonds is 5. The van der Waals surface area contributed by atoms with Crippen LogP contribution in [0.3, 0.4) is 0 Å². The molecule has 1 aromatic heterocycles. The first-order valence-electron chi connectivity index (χ1n) is 6.05. The first kappa shape index (κ1) is 14.2. The Kier molecular flexibility index (Phi) is 4.88. The lowest BCUT2D eigenvalue weighted by molar-refractivity contribution is -0.126. The molecular weight excluding hydrogens is 232 g/mol. The summed E-state index contributed by atoms with van der Waals surface area (Å²) in [6, 6.07) is 0. The highest BCUT2D eigenvalue weighted by Crippen LogP contribution is 2.12. The molecule has 1 rings (SSSR count). The van der Waals surface area contributed by atoms with E-state index in [1.165, 1.54) is 0 Å². The van der Waals surface area contributed by atoms with Crippen molar-refractivity contribution in [3.63, 3.8) is 0 Å². The number of nitrogens with one attached hydrogen (secondary N) is 2. The molecule has 2 amide bonds. The highest BCUT2D eigenvalue weighted by atomic mass is 16.2. The van der Waals surface area contributed by atoms with Crippen LogP contribution in [0.25, 0.3) is 0 Å². The molecule has 0 unspecified atom stereocenters. The van der Waals surface area contributed by atoms with Crippen LogP contribution >= 0.6 is 0 Å². The van der Waals surface area contributed by atoms with E-state index >= 15 is 0 Å². The molecule has 0 radical (unpaired) electrons. The van der Waals surface area contributed by atoms with Gasteiger partial charge in [-0.25, -0.2) is 0 Å². The van der Waals surface area contributed by atoms with Gasteiger partial charge < -0.3 is 10.6 Å². The molecule has 0 saturated heterocycles. The number of hydrogen-bond donors (Lipinski definition) is 2. The highest BCUT2D eigenvalue weighted by molar-refractivity contribution is 5.95. The Hall–Kier alpha value is -1.85. The van der Waals surface area contributed by atoms with Crippen molar-refractivity contribution in [1.82, 2.24) is 15.1 Å². The molecule has 18 heavy (non-hydrogen) atoms. The summed E-state index contributed by atoms with van der Waals surface area (Å²) in [5, 5.41) is 9.41. The molecule has 6 heteroatoms. The molecule has 0 saturated carbocycles. The Bertz CT molecular complexity index is 437. The molecule has 0 aliphatic heterocycles. The van der Waals surface area contributed by atoms with Crippen LogP contribution in [0.5, 0.6) is 0 Å². The van der Waals surface area contributed by atoms with Gasteiger partial charge in [0.25, 0.3) is 0 Å². The van der Waals surface area contributed by atoms with Crippen LogP contribution in [0.15, 0.2) is 6.20 Å². The van der Waals surface area contributed by atoms with E-state index in [2.05, 4.69) is 15.7 Å². The van der Waals surface area contributed by atoms with Crippen LogP contribution in [-0.2, 0) is 16.1 Å². The smallest absolute Gasteiger partial charge is 0.243 e. The van der Waals surface area contributed by atoms with Crippen molar-refractivity contribution in [3.05, 3.63) is 11.9 Å². The van der Waals surface area contributed by atoms with Crippen LogP contribution in [0.1, 0.15) is 26.5 Å². The molecule has 0 atom stereocenters. The number of amides is 2. The van der Waals surface area contributed by atoms with Gasteiger partial charge in [0, 0.05) is 12.5 Å². The highest BCUT2D eigenvalue weighted by Gasteiger charge is 2.11. The Morgan fingerprint density at radius 3 is 2.61 bits per heavy atom. The summed E-state index contributed by atoms with van der Waals surface area (Å²) in [6.07, 6.45) is 1.61. The molecule has 0 fully saturated rings. The minimum absolute atomic E-state index is 0.0201. The third-order valence-corrected chi connectivity index (χ3v) is 2.62. The molecule has 100 valence electrons. The van der Waals surface area contributed by atoms with Crippen LogP contribution in [0.4, 0.5) is 5.69 Å². The van der Waals surface area contributed by atoms with Gasteiger partial charge in [-0.3, -0.25) is 14.3 Å². The summed E-state index contributed by atoms with van der Waals surface area (Å²) in [5.41, 5.74) is 1.58. The normalized spacial score (nSPS) is 10.5. The number of anilines is 1. The average Bonchev–Trinajstić information content (AvgIpc) is 2.67. The number of hydrogen-bond acceptors (Lipinski definition) is 3. The maximum atomic E-state index is 11.6. The SMILES string of the molecule is CCn1ncc(NC(=O)CNC(=O)C(C)C)c1C. The number of aromatic nitrogens is 2. The summed E-state index contributed by atoms with van der Waals surface area (Å²) in [6.45, 7) is 8.16. The number of carbonyl (C=O) groups is 2. The van der Waals surface area contributed by atoms with E-state index in [4.69, 9.17) is 0 Å². The monoisotopic (exact) mass is 252 g/mol. The third-order valence-electron chi connectivity index (χ3n) is 2.62. The number of carbonyl (C=O) groups excluding carboxylic acids is 2. The second-order valence-electron chi connectivity index (χ2n) is 4.38. The van der Waals surface area contributed by atoms with Gasteiger partial charge in [-0.15, -0.1) is 0 Å². The minimum Gasteiger partial charge on any atom is -0.347 e. The quantitative estimate of drug-likeness (QED) is 0.818. The maximum absolute atomic E-state index is 11.6. The first-order valence-corrected chi connectivity index (χ1v) is 6.05. The van der Waals surface area contributed by atoms with Gasteiger partial charge in [0.2, 0.25) is 11.8 Å². The minimum atomic E-state index is -0.247. The topological polar surface area (TPSA) is 76.0 Å². The Balaban J connectivity index is 2.50. The summed E-state index contributed by atoms with van der Waals surface area (Å²) in [7, 11) is 0. The number of aryl methyl sites for hydroxylation is 1. The van der Waals surface area contributed by atoms with E-state index in [9.17, 15) is 9.59 Å². The second-order valence-corrected chi connectivity index (χ2v) is 4.38. The zero-order valence-corrected chi connectivity index (χ0v) is 11.3.